The molecule has 1 unspecified atom stereocenters. The average molecular weight is 381 g/mol. The summed E-state index contributed by atoms with van der Waals surface area (Å²) < 4.78 is 0. The second kappa shape index (κ2) is 5.95. The van der Waals surface area contributed by atoms with E-state index in [2.05, 4.69) is 48.7 Å². The number of halogens is 1. The van der Waals surface area contributed by atoms with Crippen molar-refractivity contribution in [2.75, 3.05) is 24.5 Å². The van der Waals surface area contributed by atoms with Gasteiger partial charge in [-0.25, -0.2) is 9.97 Å². The number of aromatic nitrogens is 6. The monoisotopic (exact) mass is 380 g/mol. The maximum Gasteiger partial charge on any atom is 0.228 e. The lowest BCUT2D eigenvalue weighted by Gasteiger charge is -2.17. The Morgan fingerprint density at radius 1 is 1.19 bits per heavy atom. The zero-order valence-corrected chi connectivity index (χ0v) is 15.1. The lowest BCUT2D eigenvalue weighted by molar-refractivity contribution is 0.673. The van der Waals surface area contributed by atoms with Gasteiger partial charge in [-0.3, -0.25) is 5.10 Å². The summed E-state index contributed by atoms with van der Waals surface area (Å²) in [7, 11) is 0. The molecular formula is C18H17ClN8. The number of anilines is 1. The van der Waals surface area contributed by atoms with Crippen molar-refractivity contribution in [1.82, 2.24) is 35.5 Å². The van der Waals surface area contributed by atoms with Gasteiger partial charge in [0.2, 0.25) is 5.95 Å². The maximum absolute atomic E-state index is 4.89. The van der Waals surface area contributed by atoms with Crippen molar-refractivity contribution >= 4 is 40.4 Å². The molecule has 0 radical (unpaired) electrons. The molecule has 0 saturated carbocycles. The summed E-state index contributed by atoms with van der Waals surface area (Å²) in [6, 6.07) is 6.17. The van der Waals surface area contributed by atoms with Gasteiger partial charge in [0.1, 0.15) is 11.2 Å². The second-order valence-corrected chi connectivity index (χ2v) is 6.85. The number of aromatic amines is 2. The van der Waals surface area contributed by atoms with E-state index in [4.69, 9.17) is 9.97 Å². The Kier molecular flexibility index (Phi) is 3.54. The van der Waals surface area contributed by atoms with Gasteiger partial charge in [-0.2, -0.15) is 10.1 Å². The zero-order valence-electron chi connectivity index (χ0n) is 14.3. The normalized spacial score (nSPS) is 18.4. The van der Waals surface area contributed by atoms with E-state index in [0.717, 1.165) is 58.9 Å². The first kappa shape index (κ1) is 16.1. The molecule has 1 saturated heterocycles. The molecule has 5 heterocycles. The molecule has 3 N–H and O–H groups in total. The number of imidazole rings is 1. The summed E-state index contributed by atoms with van der Waals surface area (Å²) >= 11 is 0. The van der Waals surface area contributed by atoms with E-state index in [-0.39, 0.29) is 12.4 Å². The lowest BCUT2D eigenvalue weighted by atomic mass is 10.1. The fraction of sp³-hybridized carbons (Fsp3) is 0.222. The molecule has 8 nitrogen and oxygen atoms in total. The third-order valence-corrected chi connectivity index (χ3v) is 5.26. The Hall–Kier alpha value is -3.13. The van der Waals surface area contributed by atoms with Crippen LogP contribution in [0.2, 0.25) is 0 Å². The van der Waals surface area contributed by atoms with Crippen LogP contribution in [0.4, 0.5) is 5.95 Å². The molecule has 136 valence electrons. The van der Waals surface area contributed by atoms with Gasteiger partial charge in [-0.1, -0.05) is 12.1 Å². The largest absolute Gasteiger partial charge is 0.390 e. The van der Waals surface area contributed by atoms with Crippen molar-refractivity contribution in [1.29, 1.82) is 0 Å². The molecule has 0 amide bonds. The average Bonchev–Trinajstić information content (AvgIpc) is 3.42. The highest BCUT2D eigenvalue weighted by Crippen LogP contribution is 2.32. The van der Waals surface area contributed by atoms with Crippen LogP contribution in [-0.4, -0.2) is 49.8 Å². The highest BCUT2D eigenvalue weighted by Gasteiger charge is 2.32. The van der Waals surface area contributed by atoms with E-state index in [1.807, 2.05) is 12.3 Å². The van der Waals surface area contributed by atoms with Crippen LogP contribution in [-0.2, 0) is 0 Å². The highest BCUT2D eigenvalue weighted by atomic mass is 35.5. The molecule has 0 spiro atoms. The number of nitrogens with zero attached hydrogens (tertiary/aromatic N) is 5. The van der Waals surface area contributed by atoms with Crippen LogP contribution < -0.4 is 10.2 Å². The molecule has 1 fully saturated rings. The van der Waals surface area contributed by atoms with Gasteiger partial charge < -0.3 is 15.2 Å². The number of nitrogens with one attached hydrogen (secondary N) is 3. The number of hydrogen-bond acceptors (Lipinski definition) is 6. The van der Waals surface area contributed by atoms with Crippen molar-refractivity contribution < 1.29 is 0 Å². The first-order chi connectivity index (χ1) is 12.8. The Morgan fingerprint density at radius 3 is 3.07 bits per heavy atom. The van der Waals surface area contributed by atoms with Gasteiger partial charge in [-0.15, -0.1) is 12.4 Å². The predicted molar refractivity (Wildman–Crippen MR) is 106 cm³/mol. The van der Waals surface area contributed by atoms with E-state index >= 15 is 0 Å². The van der Waals surface area contributed by atoms with Gasteiger partial charge >= 0.3 is 0 Å². The van der Waals surface area contributed by atoms with Crippen molar-refractivity contribution in [2.24, 2.45) is 5.92 Å². The third kappa shape index (κ3) is 2.44. The SMILES string of the molecule is C1=C2CN(c3nc(-c4ccc5cn[nH]c5c4)c4nc[nH]c4n3)CC2CN1.Cl. The molecule has 4 aromatic rings. The van der Waals surface area contributed by atoms with Gasteiger partial charge in [0, 0.05) is 36.5 Å². The Morgan fingerprint density at radius 2 is 2.15 bits per heavy atom. The van der Waals surface area contributed by atoms with Crippen LogP contribution >= 0.6 is 12.4 Å². The number of H-pyrrole nitrogens is 2. The fourth-order valence-electron chi connectivity index (χ4n) is 3.89. The number of benzene rings is 1. The first-order valence-corrected chi connectivity index (χ1v) is 8.67. The topological polar surface area (TPSA) is 98.4 Å². The van der Waals surface area contributed by atoms with E-state index in [0.29, 0.717) is 5.92 Å². The van der Waals surface area contributed by atoms with Crippen LogP contribution in [0.3, 0.4) is 0 Å². The molecule has 27 heavy (non-hydrogen) atoms. The molecule has 2 aliphatic rings. The van der Waals surface area contributed by atoms with Crippen LogP contribution in [0.15, 0.2) is 42.5 Å². The molecule has 1 atom stereocenters. The molecule has 0 aliphatic carbocycles. The Labute approximate surface area is 160 Å². The quantitative estimate of drug-likeness (QED) is 0.493. The maximum atomic E-state index is 4.89. The van der Waals surface area contributed by atoms with E-state index in [1.165, 1.54) is 5.57 Å². The summed E-state index contributed by atoms with van der Waals surface area (Å²) in [6.07, 6.45) is 5.62. The van der Waals surface area contributed by atoms with Crippen molar-refractivity contribution in [3.05, 3.63) is 42.5 Å². The van der Waals surface area contributed by atoms with Crippen LogP contribution in [0, 0.1) is 5.92 Å². The van der Waals surface area contributed by atoms with Crippen molar-refractivity contribution in [3.63, 3.8) is 0 Å². The minimum Gasteiger partial charge on any atom is -0.390 e. The van der Waals surface area contributed by atoms with Crippen molar-refractivity contribution in [2.45, 2.75) is 0 Å². The summed E-state index contributed by atoms with van der Waals surface area (Å²) in [5.41, 5.74) is 5.80. The van der Waals surface area contributed by atoms with Gasteiger partial charge in [-0.05, 0) is 17.8 Å². The number of fused-ring (bicyclic) bond motifs is 3. The number of rotatable bonds is 2. The number of hydrogen-bond donors (Lipinski definition) is 3. The molecule has 1 aromatic carbocycles. The van der Waals surface area contributed by atoms with Gasteiger partial charge in [0.25, 0.3) is 0 Å². The smallest absolute Gasteiger partial charge is 0.228 e. The van der Waals surface area contributed by atoms with E-state index in [9.17, 15) is 0 Å². The summed E-state index contributed by atoms with van der Waals surface area (Å²) in [6.45, 7) is 2.81. The Balaban J connectivity index is 0.00000160. The summed E-state index contributed by atoms with van der Waals surface area (Å²) in [5, 5.41) is 11.5. The lowest BCUT2D eigenvalue weighted by Crippen LogP contribution is -2.25. The van der Waals surface area contributed by atoms with E-state index in [1.54, 1.807) is 6.33 Å². The van der Waals surface area contributed by atoms with Crippen molar-refractivity contribution in [3.8, 4) is 11.3 Å². The molecular weight excluding hydrogens is 364 g/mol. The van der Waals surface area contributed by atoms with Gasteiger partial charge in [0.15, 0.2) is 5.65 Å². The molecule has 9 heteroatoms. The second-order valence-electron chi connectivity index (χ2n) is 6.85. The molecule has 0 bridgehead atoms. The standard InChI is InChI=1S/C18H16N8.ClH/c1-2-11-6-22-25-14(11)3-10(1)15-16-17(21-9-20-16)24-18(23-15)26-7-12-4-19-5-13(12)8-26;/h1-4,6,9,13,19H,5,7-8H2,(H,22,25)(H,20,21,23,24);1H. The third-order valence-electron chi connectivity index (χ3n) is 5.26. The zero-order chi connectivity index (χ0) is 17.1. The summed E-state index contributed by atoms with van der Waals surface area (Å²) in [4.78, 5) is 19.4. The van der Waals surface area contributed by atoms with E-state index < -0.39 is 0 Å². The first-order valence-electron chi connectivity index (χ1n) is 8.67. The Bertz CT molecular complexity index is 1180. The van der Waals surface area contributed by atoms with Gasteiger partial charge in [0.05, 0.1) is 18.0 Å². The van der Waals surface area contributed by atoms with Crippen LogP contribution in [0.5, 0.6) is 0 Å². The highest BCUT2D eigenvalue weighted by molar-refractivity contribution is 5.91. The van der Waals surface area contributed by atoms with Crippen LogP contribution in [0.1, 0.15) is 0 Å². The molecule has 6 rings (SSSR count). The molecule has 2 aliphatic heterocycles. The minimum atomic E-state index is 0. The fourth-order valence-corrected chi connectivity index (χ4v) is 3.89. The predicted octanol–water partition coefficient (Wildman–Crippen LogP) is 2.24. The molecule has 3 aromatic heterocycles. The minimum absolute atomic E-state index is 0. The summed E-state index contributed by atoms with van der Waals surface area (Å²) in [5.74, 6) is 1.30. The van der Waals surface area contributed by atoms with Crippen LogP contribution in [0.25, 0.3) is 33.3 Å².